The maximum absolute atomic E-state index is 11.9. The molecule has 0 bridgehead atoms. The second kappa shape index (κ2) is 5.73. The molecule has 0 amide bonds. The van der Waals surface area contributed by atoms with E-state index in [1.165, 1.54) is 0 Å². The van der Waals surface area contributed by atoms with Gasteiger partial charge in [-0.2, -0.15) is 0 Å². The second-order valence-electron chi connectivity index (χ2n) is 3.28. The van der Waals surface area contributed by atoms with Gasteiger partial charge in [0.1, 0.15) is 0 Å². The Morgan fingerprint density at radius 3 is 1.25 bits per heavy atom. The van der Waals surface area contributed by atoms with Gasteiger partial charge in [-0.05, 0) is 12.1 Å². The summed E-state index contributed by atoms with van der Waals surface area (Å²) in [6.45, 7) is 0. The van der Waals surface area contributed by atoms with Crippen molar-refractivity contribution in [3.05, 3.63) is 34.4 Å². The van der Waals surface area contributed by atoms with Crippen LogP contribution in [0.25, 0.3) is 0 Å². The summed E-state index contributed by atoms with van der Waals surface area (Å²) in [6, 6.07) is 0.722. The molecule has 10 heteroatoms. The summed E-state index contributed by atoms with van der Waals surface area (Å²) < 4.78 is 23.7. The maximum atomic E-state index is 11.9. The van der Waals surface area contributed by atoms with Crippen molar-refractivity contribution in [3.8, 4) is 0 Å². The molecule has 106 valence electrons. The zero-order valence-electron chi connectivity index (χ0n) is 9.25. The summed E-state index contributed by atoms with van der Waals surface area (Å²) in [5.41, 5.74) is -3.85. The summed E-state index contributed by atoms with van der Waals surface area (Å²) in [5.74, 6) is -7.17. The average molecular weight is 290 g/mol. The van der Waals surface area contributed by atoms with Crippen LogP contribution < -0.4 is 0 Å². The number of aromatic carboxylic acids is 2. The van der Waals surface area contributed by atoms with Crippen LogP contribution >= 0.6 is 0 Å². The molecule has 1 rings (SSSR count). The van der Waals surface area contributed by atoms with Gasteiger partial charge in [0.25, 0.3) is 0 Å². The lowest BCUT2D eigenvalue weighted by molar-refractivity contribution is -0.0822. The van der Waals surface area contributed by atoms with Gasteiger partial charge in [-0.1, -0.05) is 0 Å². The summed E-state index contributed by atoms with van der Waals surface area (Å²) >= 11 is 0. The summed E-state index contributed by atoms with van der Waals surface area (Å²) in [7, 11) is 0. The SMILES string of the molecule is O=C(O)c1cc(C(=O)OF)c(C(=O)OF)cc1C(=O)O. The van der Waals surface area contributed by atoms with Gasteiger partial charge in [0.2, 0.25) is 0 Å². The molecule has 1 aromatic rings. The fourth-order valence-corrected chi connectivity index (χ4v) is 1.37. The van der Waals surface area contributed by atoms with Crippen LogP contribution in [0.2, 0.25) is 0 Å². The number of carboxylic acid groups (broad SMARTS) is 2. The van der Waals surface area contributed by atoms with E-state index in [2.05, 4.69) is 9.88 Å². The van der Waals surface area contributed by atoms with Crippen molar-refractivity contribution >= 4 is 23.9 Å². The molecule has 0 aliphatic heterocycles. The molecule has 20 heavy (non-hydrogen) atoms. The van der Waals surface area contributed by atoms with Crippen LogP contribution in [0.3, 0.4) is 0 Å². The molecule has 0 saturated carbocycles. The zero-order chi connectivity index (χ0) is 15.4. The summed E-state index contributed by atoms with van der Waals surface area (Å²) in [5, 5.41) is 17.6. The Labute approximate surface area is 107 Å². The third-order valence-corrected chi connectivity index (χ3v) is 2.20. The van der Waals surface area contributed by atoms with E-state index in [0.29, 0.717) is 12.1 Å². The van der Waals surface area contributed by atoms with Gasteiger partial charge in [0, 0.05) is 9.05 Å². The van der Waals surface area contributed by atoms with E-state index in [9.17, 15) is 28.2 Å². The van der Waals surface area contributed by atoms with Gasteiger partial charge in [-0.25, -0.2) is 29.1 Å². The minimum absolute atomic E-state index is 0.361. The number of carboxylic acids is 2. The van der Waals surface area contributed by atoms with Crippen molar-refractivity contribution in [2.75, 3.05) is 0 Å². The largest absolute Gasteiger partial charge is 0.478 e. The Morgan fingerprint density at radius 1 is 0.750 bits per heavy atom. The van der Waals surface area contributed by atoms with Crippen molar-refractivity contribution in [1.29, 1.82) is 0 Å². The van der Waals surface area contributed by atoms with E-state index in [4.69, 9.17) is 10.2 Å². The Kier molecular flexibility index (Phi) is 4.31. The lowest BCUT2D eigenvalue weighted by Crippen LogP contribution is -2.16. The maximum Gasteiger partial charge on any atom is 0.380 e. The van der Waals surface area contributed by atoms with E-state index in [1.807, 2.05) is 0 Å². The molecular weight excluding hydrogens is 286 g/mol. The molecule has 2 N–H and O–H groups in total. The molecule has 0 aliphatic carbocycles. The van der Waals surface area contributed by atoms with Crippen LogP contribution in [-0.4, -0.2) is 34.1 Å². The molecule has 0 atom stereocenters. The first-order valence-corrected chi connectivity index (χ1v) is 4.64. The highest BCUT2D eigenvalue weighted by Crippen LogP contribution is 2.20. The quantitative estimate of drug-likeness (QED) is 0.845. The topological polar surface area (TPSA) is 127 Å². The molecule has 0 radical (unpaired) electrons. The third-order valence-electron chi connectivity index (χ3n) is 2.20. The van der Waals surface area contributed by atoms with Gasteiger partial charge in [0.15, 0.2) is 0 Å². The Balaban J connectivity index is 3.69. The minimum atomic E-state index is -1.81. The van der Waals surface area contributed by atoms with E-state index in [1.54, 1.807) is 0 Å². The molecule has 0 aliphatic rings. The number of carbonyl (C=O) groups excluding carboxylic acids is 2. The van der Waals surface area contributed by atoms with Crippen LogP contribution in [0.5, 0.6) is 0 Å². The van der Waals surface area contributed by atoms with E-state index in [0.717, 1.165) is 0 Å². The number of halogens is 2. The first kappa shape index (κ1) is 15.0. The molecule has 0 aromatic heterocycles. The van der Waals surface area contributed by atoms with Crippen LogP contribution in [0.1, 0.15) is 41.4 Å². The highest BCUT2D eigenvalue weighted by atomic mass is 19.3. The molecule has 0 fully saturated rings. The average Bonchev–Trinajstić information content (AvgIpc) is 2.43. The number of carbonyl (C=O) groups is 4. The smallest absolute Gasteiger partial charge is 0.380 e. The lowest BCUT2D eigenvalue weighted by Gasteiger charge is -2.07. The van der Waals surface area contributed by atoms with Crippen molar-refractivity contribution in [2.24, 2.45) is 0 Å². The van der Waals surface area contributed by atoms with Crippen molar-refractivity contribution in [3.63, 3.8) is 0 Å². The van der Waals surface area contributed by atoms with E-state index in [-0.39, 0.29) is 0 Å². The lowest BCUT2D eigenvalue weighted by atomic mass is 9.98. The molecule has 8 nitrogen and oxygen atoms in total. The first-order valence-electron chi connectivity index (χ1n) is 4.64. The second-order valence-corrected chi connectivity index (χ2v) is 3.28. The molecule has 0 spiro atoms. The predicted octanol–water partition coefficient (Wildman–Crippen LogP) is 1.17. The van der Waals surface area contributed by atoms with E-state index < -0.39 is 46.1 Å². The van der Waals surface area contributed by atoms with Crippen molar-refractivity contribution in [2.45, 2.75) is 0 Å². The van der Waals surface area contributed by atoms with Gasteiger partial charge < -0.3 is 10.2 Å². The molecular formula is C10H4F2O8. The third kappa shape index (κ3) is 2.68. The van der Waals surface area contributed by atoms with Gasteiger partial charge >= 0.3 is 23.9 Å². The van der Waals surface area contributed by atoms with Gasteiger partial charge in [-0.15, -0.1) is 0 Å². The predicted molar refractivity (Wildman–Crippen MR) is 53.4 cm³/mol. The molecule has 1 aromatic carbocycles. The fraction of sp³-hybridized carbons (Fsp3) is 0. The molecule has 0 saturated heterocycles. The van der Waals surface area contributed by atoms with Crippen LogP contribution in [0, 0.1) is 0 Å². The summed E-state index contributed by atoms with van der Waals surface area (Å²) in [6.07, 6.45) is 0. The first-order chi connectivity index (χ1) is 9.33. The number of rotatable bonds is 4. The normalized spacial score (nSPS) is 9.70. The number of hydrogen-bond acceptors (Lipinski definition) is 6. The van der Waals surface area contributed by atoms with Crippen LogP contribution in [-0.2, 0) is 9.88 Å². The molecule has 0 heterocycles. The Bertz CT molecular complexity index is 557. The van der Waals surface area contributed by atoms with Crippen LogP contribution in [0.15, 0.2) is 12.1 Å². The highest BCUT2D eigenvalue weighted by Gasteiger charge is 2.27. The number of hydrogen-bond donors (Lipinski definition) is 2. The summed E-state index contributed by atoms with van der Waals surface area (Å²) in [4.78, 5) is 49.4. The van der Waals surface area contributed by atoms with Gasteiger partial charge in [0.05, 0.1) is 22.3 Å². The standard InChI is InChI=1S/C10H4F2O8/c11-19-9(17)5-1-3(7(13)14)4(8(15)16)2-6(5)10(18)20-12/h1-2H,(H,13,14)(H,15,16). The van der Waals surface area contributed by atoms with Crippen molar-refractivity contribution < 1.29 is 48.3 Å². The molecule has 0 unspecified atom stereocenters. The van der Waals surface area contributed by atoms with Crippen LogP contribution in [0.4, 0.5) is 9.05 Å². The Hall–Kier alpha value is -3.04. The van der Waals surface area contributed by atoms with Crippen molar-refractivity contribution in [1.82, 2.24) is 0 Å². The highest BCUT2D eigenvalue weighted by molar-refractivity contribution is 6.09. The minimum Gasteiger partial charge on any atom is -0.478 e. The zero-order valence-corrected chi connectivity index (χ0v) is 9.25. The van der Waals surface area contributed by atoms with E-state index >= 15 is 0 Å². The monoisotopic (exact) mass is 290 g/mol. The Morgan fingerprint density at radius 2 is 1.05 bits per heavy atom. The fourth-order valence-electron chi connectivity index (χ4n) is 1.37. The number of benzene rings is 1. The van der Waals surface area contributed by atoms with Gasteiger partial charge in [-0.3, -0.25) is 0 Å².